The van der Waals surface area contributed by atoms with E-state index >= 15 is 0 Å². The molecule has 5 rings (SSSR count). The molecule has 6 nitrogen and oxygen atoms in total. The van der Waals surface area contributed by atoms with Crippen molar-refractivity contribution in [3.63, 3.8) is 0 Å². The third kappa shape index (κ3) is 4.13. The van der Waals surface area contributed by atoms with Crippen molar-refractivity contribution in [3.05, 3.63) is 90.8 Å². The van der Waals surface area contributed by atoms with E-state index < -0.39 is 0 Å². The molecule has 3 aromatic carbocycles. The van der Waals surface area contributed by atoms with Crippen LogP contribution in [-0.2, 0) is 11.3 Å². The van der Waals surface area contributed by atoms with Gasteiger partial charge in [-0.3, -0.25) is 4.57 Å². The monoisotopic (exact) mass is 424 g/mol. The number of benzene rings is 3. The molecule has 2 aromatic heterocycles. The second kappa shape index (κ2) is 9.08. The van der Waals surface area contributed by atoms with Gasteiger partial charge in [0.05, 0.1) is 28.8 Å². The lowest BCUT2D eigenvalue weighted by Crippen LogP contribution is -2.04. The number of aromatic nitrogens is 3. The van der Waals surface area contributed by atoms with Crippen LogP contribution in [0.4, 0.5) is 5.69 Å². The maximum atomic E-state index is 5.71. The van der Waals surface area contributed by atoms with Crippen molar-refractivity contribution in [3.8, 4) is 11.6 Å². The standard InChI is InChI=1S/C26H24N4O2/c1-31-14-15-32-21-11-12-24-23(16-21)28-18-30(24)25-13-10-20-8-5-9-22(26(20)29-25)27-17-19-6-3-2-4-7-19/h2-13,16,18,27H,14-15,17H2,1H3. The molecule has 0 unspecified atom stereocenters. The van der Waals surface area contributed by atoms with Crippen LogP contribution in [0, 0.1) is 0 Å². The van der Waals surface area contributed by atoms with E-state index in [1.165, 1.54) is 5.56 Å². The highest BCUT2D eigenvalue weighted by atomic mass is 16.5. The lowest BCUT2D eigenvalue weighted by atomic mass is 10.1. The summed E-state index contributed by atoms with van der Waals surface area (Å²) >= 11 is 0. The topological polar surface area (TPSA) is 61.2 Å². The number of ether oxygens (including phenoxy) is 2. The first-order chi connectivity index (χ1) is 15.8. The van der Waals surface area contributed by atoms with Gasteiger partial charge in [-0.15, -0.1) is 0 Å². The van der Waals surface area contributed by atoms with E-state index in [4.69, 9.17) is 14.5 Å². The number of imidazole rings is 1. The maximum Gasteiger partial charge on any atom is 0.139 e. The Bertz CT molecular complexity index is 1350. The van der Waals surface area contributed by atoms with Crippen LogP contribution >= 0.6 is 0 Å². The Kier molecular flexibility index (Phi) is 5.68. The van der Waals surface area contributed by atoms with Crippen LogP contribution < -0.4 is 10.1 Å². The SMILES string of the molecule is COCCOc1ccc2c(c1)ncn2-c1ccc2cccc(NCc3ccccc3)c2n1. The summed E-state index contributed by atoms with van der Waals surface area (Å²) < 4.78 is 12.8. The summed E-state index contributed by atoms with van der Waals surface area (Å²) in [5.74, 6) is 1.60. The number of hydrogen-bond donors (Lipinski definition) is 1. The molecule has 0 aliphatic rings. The number of fused-ring (bicyclic) bond motifs is 2. The van der Waals surface area contributed by atoms with E-state index in [0.29, 0.717) is 13.2 Å². The van der Waals surface area contributed by atoms with E-state index in [1.807, 2.05) is 34.9 Å². The smallest absolute Gasteiger partial charge is 0.139 e. The zero-order valence-electron chi connectivity index (χ0n) is 17.9. The number of para-hydroxylation sites is 1. The average Bonchev–Trinajstić information content (AvgIpc) is 3.26. The Morgan fingerprint density at radius 1 is 0.906 bits per heavy atom. The molecule has 0 aliphatic heterocycles. The fourth-order valence-electron chi connectivity index (χ4n) is 3.71. The van der Waals surface area contributed by atoms with Crippen molar-refractivity contribution < 1.29 is 9.47 Å². The molecule has 0 saturated heterocycles. The van der Waals surface area contributed by atoms with Crippen molar-refractivity contribution in [2.75, 3.05) is 25.6 Å². The molecule has 5 aromatic rings. The van der Waals surface area contributed by atoms with Crippen LogP contribution in [0.15, 0.2) is 85.2 Å². The van der Waals surface area contributed by atoms with Crippen molar-refractivity contribution in [1.29, 1.82) is 0 Å². The predicted molar refractivity (Wildman–Crippen MR) is 128 cm³/mol. The van der Waals surface area contributed by atoms with Crippen LogP contribution in [0.25, 0.3) is 27.8 Å². The second-order valence-electron chi connectivity index (χ2n) is 7.49. The van der Waals surface area contributed by atoms with Gasteiger partial charge in [0.15, 0.2) is 0 Å². The summed E-state index contributed by atoms with van der Waals surface area (Å²) in [5.41, 5.74) is 5.00. The van der Waals surface area contributed by atoms with Gasteiger partial charge in [0.2, 0.25) is 0 Å². The van der Waals surface area contributed by atoms with Crippen LogP contribution in [0.3, 0.4) is 0 Å². The van der Waals surface area contributed by atoms with E-state index in [-0.39, 0.29) is 0 Å². The summed E-state index contributed by atoms with van der Waals surface area (Å²) in [6.45, 7) is 1.80. The van der Waals surface area contributed by atoms with E-state index in [9.17, 15) is 0 Å². The zero-order chi connectivity index (χ0) is 21.8. The second-order valence-corrected chi connectivity index (χ2v) is 7.49. The zero-order valence-corrected chi connectivity index (χ0v) is 17.9. The van der Waals surface area contributed by atoms with Crippen molar-refractivity contribution >= 4 is 27.6 Å². The summed E-state index contributed by atoms with van der Waals surface area (Å²) in [7, 11) is 1.66. The number of methoxy groups -OCH3 is 1. The Balaban J connectivity index is 1.46. The normalized spacial score (nSPS) is 11.2. The van der Waals surface area contributed by atoms with Crippen LogP contribution in [0.2, 0.25) is 0 Å². The first-order valence-corrected chi connectivity index (χ1v) is 10.6. The lowest BCUT2D eigenvalue weighted by Gasteiger charge is -2.11. The third-order valence-corrected chi connectivity index (χ3v) is 5.35. The Morgan fingerprint density at radius 3 is 2.69 bits per heavy atom. The minimum atomic E-state index is 0.508. The quantitative estimate of drug-likeness (QED) is 0.347. The number of anilines is 1. The maximum absolute atomic E-state index is 5.71. The Morgan fingerprint density at radius 2 is 1.81 bits per heavy atom. The predicted octanol–water partition coefficient (Wildman–Crippen LogP) is 5.21. The number of hydrogen-bond acceptors (Lipinski definition) is 5. The highest BCUT2D eigenvalue weighted by Gasteiger charge is 2.10. The number of nitrogens with one attached hydrogen (secondary N) is 1. The van der Waals surface area contributed by atoms with E-state index in [0.717, 1.165) is 45.7 Å². The van der Waals surface area contributed by atoms with Gasteiger partial charge >= 0.3 is 0 Å². The van der Waals surface area contributed by atoms with Gasteiger partial charge in [-0.2, -0.15) is 0 Å². The number of nitrogens with zero attached hydrogens (tertiary/aromatic N) is 3. The first-order valence-electron chi connectivity index (χ1n) is 10.6. The minimum Gasteiger partial charge on any atom is -0.491 e. The molecule has 0 radical (unpaired) electrons. The number of pyridine rings is 1. The Labute approximate surface area is 186 Å². The molecular formula is C26H24N4O2. The van der Waals surface area contributed by atoms with Gasteiger partial charge in [0.25, 0.3) is 0 Å². The molecule has 1 N–H and O–H groups in total. The molecule has 0 fully saturated rings. The van der Waals surface area contributed by atoms with Gasteiger partial charge < -0.3 is 14.8 Å². The van der Waals surface area contributed by atoms with Crippen molar-refractivity contribution in [2.24, 2.45) is 0 Å². The van der Waals surface area contributed by atoms with Crippen molar-refractivity contribution in [1.82, 2.24) is 14.5 Å². The fourth-order valence-corrected chi connectivity index (χ4v) is 3.71. The summed E-state index contributed by atoms with van der Waals surface area (Å²) in [4.78, 5) is 9.53. The minimum absolute atomic E-state index is 0.508. The molecule has 6 heteroatoms. The molecule has 0 amide bonds. The molecular weight excluding hydrogens is 400 g/mol. The molecule has 32 heavy (non-hydrogen) atoms. The van der Waals surface area contributed by atoms with E-state index in [1.54, 1.807) is 13.4 Å². The number of rotatable bonds is 8. The molecule has 2 heterocycles. The molecule has 0 aliphatic carbocycles. The molecule has 0 saturated carbocycles. The lowest BCUT2D eigenvalue weighted by molar-refractivity contribution is 0.146. The average molecular weight is 425 g/mol. The van der Waals surface area contributed by atoms with Gasteiger partial charge in [-0.1, -0.05) is 42.5 Å². The fraction of sp³-hybridized carbons (Fsp3) is 0.154. The van der Waals surface area contributed by atoms with Crippen LogP contribution in [-0.4, -0.2) is 34.9 Å². The largest absolute Gasteiger partial charge is 0.491 e. The molecule has 0 bridgehead atoms. The molecule has 0 spiro atoms. The molecule has 160 valence electrons. The Hall–Kier alpha value is -3.90. The summed E-state index contributed by atoms with van der Waals surface area (Å²) in [5, 5.41) is 4.62. The van der Waals surface area contributed by atoms with Gasteiger partial charge in [-0.25, -0.2) is 9.97 Å². The van der Waals surface area contributed by atoms with Crippen molar-refractivity contribution in [2.45, 2.75) is 6.54 Å². The highest BCUT2D eigenvalue weighted by Crippen LogP contribution is 2.26. The van der Waals surface area contributed by atoms with Crippen LogP contribution in [0.5, 0.6) is 5.75 Å². The van der Waals surface area contributed by atoms with E-state index in [2.05, 4.69) is 58.8 Å². The first kappa shape index (κ1) is 20.0. The summed E-state index contributed by atoms with van der Waals surface area (Å²) in [6.07, 6.45) is 1.80. The summed E-state index contributed by atoms with van der Waals surface area (Å²) in [6, 6.07) is 26.6. The highest BCUT2D eigenvalue weighted by molar-refractivity contribution is 5.91. The third-order valence-electron chi connectivity index (χ3n) is 5.35. The van der Waals surface area contributed by atoms with Crippen LogP contribution in [0.1, 0.15) is 5.56 Å². The molecule has 0 atom stereocenters. The van der Waals surface area contributed by atoms with Gasteiger partial charge in [-0.05, 0) is 35.9 Å². The van der Waals surface area contributed by atoms with Gasteiger partial charge in [0.1, 0.15) is 24.5 Å². The van der Waals surface area contributed by atoms with Gasteiger partial charge in [0, 0.05) is 25.1 Å².